The van der Waals surface area contributed by atoms with Crippen molar-refractivity contribution in [2.45, 2.75) is 373 Å². The zero-order valence-corrected chi connectivity index (χ0v) is 65.9. The standard InChI is InChI=1S/C83H148O16P2/c1-4-7-10-13-16-19-22-25-28-30-32-33-34-35-36-37-38-39-40-41-42-43-45-47-49-51-54-57-60-63-66-69-81(86)93-72-78(84)73-95-100(89,90)96-74-79(85)75-97-101(91,92)98-77-80(99-83(88)71-68-65-62-59-56-53-48-27-24-21-18-15-12-9-6-3)76-94-82(87)70-67-64-61-58-55-52-50-46-44-31-29-26-23-20-17-14-11-8-5-2/h16-17,19-20,25-29,32-33,35-36,44,46,48,78-80,84-85H,4-15,18,21-24,30-31,34,37-43,45,47,49-77H2,1-3H3,(H,89,90)(H,91,92)/b19-16-,20-17-,28-25-,29-26-,33-32-,36-35-,46-44-,48-27-. The lowest BCUT2D eigenvalue weighted by Crippen LogP contribution is -2.30. The molecule has 0 aliphatic rings. The van der Waals surface area contributed by atoms with Crippen LogP contribution in [0.5, 0.6) is 0 Å². The summed E-state index contributed by atoms with van der Waals surface area (Å²) in [5.41, 5.74) is 0. The van der Waals surface area contributed by atoms with Crippen LogP contribution in [0.1, 0.15) is 355 Å². The van der Waals surface area contributed by atoms with Crippen molar-refractivity contribution in [3.63, 3.8) is 0 Å². The van der Waals surface area contributed by atoms with E-state index in [1.807, 2.05) is 0 Å². The Balaban J connectivity index is 4.47. The Morgan fingerprint density at radius 3 is 0.812 bits per heavy atom. The molecule has 0 spiro atoms. The van der Waals surface area contributed by atoms with E-state index in [0.29, 0.717) is 19.3 Å². The number of allylic oxidation sites excluding steroid dienone is 16. The third kappa shape index (κ3) is 77.4. The van der Waals surface area contributed by atoms with Gasteiger partial charge in [0.1, 0.15) is 25.4 Å². The molecule has 0 aliphatic carbocycles. The largest absolute Gasteiger partial charge is 0.472 e. The molecule has 101 heavy (non-hydrogen) atoms. The van der Waals surface area contributed by atoms with Gasteiger partial charge < -0.3 is 34.2 Å². The first kappa shape index (κ1) is 97.5. The molecule has 5 unspecified atom stereocenters. The number of carbonyl (C=O) groups is 3. The molecule has 4 N–H and O–H groups in total. The van der Waals surface area contributed by atoms with Crippen molar-refractivity contribution in [1.29, 1.82) is 0 Å². The Kier molecular flexibility index (Phi) is 73.5. The Labute approximate surface area is 616 Å². The molecule has 0 aromatic carbocycles. The molecule has 0 saturated heterocycles. The number of hydrogen-bond acceptors (Lipinski definition) is 14. The summed E-state index contributed by atoms with van der Waals surface area (Å²) in [5, 5.41) is 20.6. The summed E-state index contributed by atoms with van der Waals surface area (Å²) in [6.07, 6.45) is 87.4. The minimum atomic E-state index is -4.93. The smallest absolute Gasteiger partial charge is 0.463 e. The Morgan fingerprint density at radius 2 is 0.495 bits per heavy atom. The highest BCUT2D eigenvalue weighted by Gasteiger charge is 2.29. The maximum Gasteiger partial charge on any atom is 0.472 e. The van der Waals surface area contributed by atoms with Crippen molar-refractivity contribution in [1.82, 2.24) is 0 Å². The highest BCUT2D eigenvalue weighted by Crippen LogP contribution is 2.45. The number of aliphatic hydroxyl groups is 2. The molecule has 0 fully saturated rings. The Morgan fingerprint density at radius 1 is 0.277 bits per heavy atom. The summed E-state index contributed by atoms with van der Waals surface area (Å²) in [4.78, 5) is 58.6. The van der Waals surface area contributed by atoms with Crippen LogP contribution in [-0.4, -0.2) is 95.9 Å². The van der Waals surface area contributed by atoms with Crippen molar-refractivity contribution < 1.29 is 75.8 Å². The van der Waals surface area contributed by atoms with Gasteiger partial charge in [-0.3, -0.25) is 32.5 Å². The lowest BCUT2D eigenvalue weighted by molar-refractivity contribution is -0.161. The number of ether oxygens (including phenoxy) is 3. The number of rotatable bonds is 77. The van der Waals surface area contributed by atoms with Gasteiger partial charge in [-0.25, -0.2) is 9.13 Å². The zero-order chi connectivity index (χ0) is 73.7. The van der Waals surface area contributed by atoms with Crippen LogP contribution in [-0.2, 0) is 55.8 Å². The second kappa shape index (κ2) is 76.1. The van der Waals surface area contributed by atoms with Crippen molar-refractivity contribution in [2.75, 3.05) is 39.6 Å². The van der Waals surface area contributed by atoms with Crippen LogP contribution >= 0.6 is 15.6 Å². The fourth-order valence-electron chi connectivity index (χ4n) is 11.0. The normalized spacial score (nSPS) is 14.5. The number of carbonyl (C=O) groups excluding carboxylic acids is 3. The van der Waals surface area contributed by atoms with Crippen LogP contribution in [0.2, 0.25) is 0 Å². The molecule has 5 atom stereocenters. The number of esters is 3. The van der Waals surface area contributed by atoms with Gasteiger partial charge >= 0.3 is 33.6 Å². The monoisotopic (exact) mass is 1460 g/mol. The van der Waals surface area contributed by atoms with E-state index in [4.69, 9.17) is 32.3 Å². The maximum atomic E-state index is 13.0. The fraction of sp³-hybridized carbons (Fsp3) is 0.771. The summed E-state index contributed by atoms with van der Waals surface area (Å²) in [6.45, 7) is 2.63. The molecule has 18 heteroatoms. The first-order chi connectivity index (χ1) is 49.2. The van der Waals surface area contributed by atoms with Gasteiger partial charge in [0.15, 0.2) is 6.10 Å². The van der Waals surface area contributed by atoms with Crippen LogP contribution in [0.25, 0.3) is 0 Å². The number of aliphatic hydroxyl groups excluding tert-OH is 2. The Bertz CT molecular complexity index is 2220. The third-order valence-corrected chi connectivity index (χ3v) is 19.2. The van der Waals surface area contributed by atoms with E-state index >= 15 is 0 Å². The number of phosphoric acid groups is 2. The van der Waals surface area contributed by atoms with Crippen LogP contribution in [0.3, 0.4) is 0 Å². The second-order valence-corrected chi connectivity index (χ2v) is 30.1. The molecule has 586 valence electrons. The quantitative estimate of drug-likeness (QED) is 0.0146. The SMILES string of the molecule is CCCCC/C=C\C/C=C\C/C=C\C/C=C\CCCCCCCCCCCCCCCCCC(=O)OCC(O)COP(=O)(O)OCC(O)COP(=O)(O)OCC(COC(=O)CCCCCCCC/C=C\C/C=C\C/C=C\CCCCC)OC(=O)CCCCCCC/C=C\CCCCCCCC. The van der Waals surface area contributed by atoms with Gasteiger partial charge in [-0.1, -0.05) is 304 Å². The molecule has 0 heterocycles. The second-order valence-electron chi connectivity index (χ2n) is 27.2. The predicted molar refractivity (Wildman–Crippen MR) is 417 cm³/mol. The molecule has 0 aliphatic heterocycles. The number of hydrogen-bond donors (Lipinski definition) is 4. The van der Waals surface area contributed by atoms with Gasteiger partial charge in [0.25, 0.3) is 0 Å². The van der Waals surface area contributed by atoms with Gasteiger partial charge in [-0.05, 0) is 128 Å². The maximum absolute atomic E-state index is 13.0. The van der Waals surface area contributed by atoms with E-state index in [9.17, 15) is 43.5 Å². The molecule has 0 radical (unpaired) electrons. The lowest BCUT2D eigenvalue weighted by atomic mass is 10.0. The summed E-state index contributed by atoms with van der Waals surface area (Å²) in [5.74, 6) is -1.59. The fourth-order valence-corrected chi connectivity index (χ4v) is 12.6. The number of unbranched alkanes of at least 4 members (excludes halogenated alkanes) is 38. The molecular formula is C83H148O16P2. The topological polar surface area (TPSA) is 231 Å². The third-order valence-electron chi connectivity index (χ3n) is 17.3. The van der Waals surface area contributed by atoms with E-state index in [-0.39, 0.29) is 19.3 Å². The van der Waals surface area contributed by atoms with Gasteiger partial charge in [-0.2, -0.15) is 0 Å². The van der Waals surface area contributed by atoms with Crippen molar-refractivity contribution >= 4 is 33.6 Å². The van der Waals surface area contributed by atoms with Crippen LogP contribution in [0.15, 0.2) is 97.2 Å². The van der Waals surface area contributed by atoms with Gasteiger partial charge in [0.05, 0.1) is 26.4 Å². The minimum Gasteiger partial charge on any atom is -0.463 e. The van der Waals surface area contributed by atoms with E-state index < -0.39 is 91.5 Å². The highest BCUT2D eigenvalue weighted by atomic mass is 31.2. The summed E-state index contributed by atoms with van der Waals surface area (Å²) in [6, 6.07) is 0. The molecule has 0 bridgehead atoms. The molecular weight excluding hydrogens is 1310 g/mol. The van der Waals surface area contributed by atoms with E-state index in [0.717, 1.165) is 135 Å². The molecule has 0 aromatic rings. The van der Waals surface area contributed by atoms with Crippen LogP contribution in [0.4, 0.5) is 0 Å². The molecule has 0 amide bonds. The van der Waals surface area contributed by atoms with Crippen molar-refractivity contribution in [3.8, 4) is 0 Å². The van der Waals surface area contributed by atoms with Gasteiger partial charge in [-0.15, -0.1) is 0 Å². The van der Waals surface area contributed by atoms with Crippen molar-refractivity contribution in [2.24, 2.45) is 0 Å². The first-order valence-corrected chi connectivity index (χ1v) is 43.5. The highest BCUT2D eigenvalue weighted by molar-refractivity contribution is 7.47. The summed E-state index contributed by atoms with van der Waals surface area (Å²) >= 11 is 0. The molecule has 16 nitrogen and oxygen atoms in total. The van der Waals surface area contributed by atoms with Gasteiger partial charge in [0, 0.05) is 19.3 Å². The zero-order valence-electron chi connectivity index (χ0n) is 64.1. The van der Waals surface area contributed by atoms with Gasteiger partial charge in [0.2, 0.25) is 0 Å². The molecule has 0 rings (SSSR count). The predicted octanol–water partition coefficient (Wildman–Crippen LogP) is 23.8. The minimum absolute atomic E-state index is 0.0927. The summed E-state index contributed by atoms with van der Waals surface area (Å²) in [7, 11) is -9.79. The lowest BCUT2D eigenvalue weighted by Gasteiger charge is -2.21. The van der Waals surface area contributed by atoms with E-state index in [1.54, 1.807) is 0 Å². The van der Waals surface area contributed by atoms with Crippen LogP contribution in [0, 0.1) is 0 Å². The van der Waals surface area contributed by atoms with E-state index in [1.165, 1.54) is 161 Å². The average Bonchev–Trinajstić information content (AvgIpc) is 0.980. The van der Waals surface area contributed by atoms with E-state index in [2.05, 4.69) is 118 Å². The first-order valence-electron chi connectivity index (χ1n) is 40.5. The number of phosphoric ester groups is 2. The average molecular weight is 1460 g/mol. The summed E-state index contributed by atoms with van der Waals surface area (Å²) < 4.78 is 61.1. The molecule has 0 aromatic heterocycles. The van der Waals surface area contributed by atoms with Crippen molar-refractivity contribution in [3.05, 3.63) is 97.2 Å². The molecule has 0 saturated carbocycles. The van der Waals surface area contributed by atoms with Crippen LogP contribution < -0.4 is 0 Å². The Hall–Kier alpha value is -3.53.